The average Bonchev–Trinajstić information content (AvgIpc) is 2.63. The van der Waals surface area contributed by atoms with Gasteiger partial charge in [0.15, 0.2) is 0 Å². The van der Waals surface area contributed by atoms with Crippen LogP contribution >= 0.6 is 11.6 Å². The molecular weight excluding hydrogens is 318 g/mol. The third-order valence-corrected chi connectivity index (χ3v) is 4.85. The van der Waals surface area contributed by atoms with E-state index in [-0.39, 0.29) is 0 Å². The van der Waals surface area contributed by atoms with Crippen molar-refractivity contribution in [2.24, 2.45) is 0 Å². The van der Waals surface area contributed by atoms with E-state index in [1.807, 2.05) is 24.4 Å². The van der Waals surface area contributed by atoms with Crippen LogP contribution in [-0.2, 0) is 6.54 Å². The van der Waals surface area contributed by atoms with Crippen LogP contribution in [0.15, 0.2) is 60.8 Å². The molecule has 24 heavy (non-hydrogen) atoms. The van der Waals surface area contributed by atoms with E-state index in [4.69, 9.17) is 11.6 Å². The summed E-state index contributed by atoms with van der Waals surface area (Å²) in [6.45, 7) is 5.15. The maximum atomic E-state index is 6.12. The van der Waals surface area contributed by atoms with Crippen LogP contribution in [0.1, 0.15) is 5.56 Å². The highest BCUT2D eigenvalue weighted by Gasteiger charge is 2.17. The van der Waals surface area contributed by atoms with Gasteiger partial charge in [0.05, 0.1) is 0 Å². The summed E-state index contributed by atoms with van der Waals surface area (Å²) in [5, 5.41) is 3.25. The molecule has 0 spiro atoms. The fourth-order valence-electron chi connectivity index (χ4n) is 3.30. The number of aromatic nitrogens is 1. The van der Waals surface area contributed by atoms with Crippen molar-refractivity contribution in [2.45, 2.75) is 6.54 Å². The molecular formula is C20H20ClN3. The number of nitrogens with zero attached hydrogens (tertiary/aromatic N) is 3. The van der Waals surface area contributed by atoms with Crippen LogP contribution in [0.3, 0.4) is 0 Å². The van der Waals surface area contributed by atoms with Gasteiger partial charge in [-0.25, -0.2) is 4.98 Å². The van der Waals surface area contributed by atoms with Crippen molar-refractivity contribution < 1.29 is 0 Å². The van der Waals surface area contributed by atoms with E-state index < -0.39 is 0 Å². The van der Waals surface area contributed by atoms with Crippen molar-refractivity contribution in [3.8, 4) is 0 Å². The number of anilines is 1. The van der Waals surface area contributed by atoms with Crippen molar-refractivity contribution in [1.29, 1.82) is 0 Å². The normalized spacial score (nSPS) is 15.8. The summed E-state index contributed by atoms with van der Waals surface area (Å²) < 4.78 is 0. The Bertz CT molecular complexity index is 827. The van der Waals surface area contributed by atoms with E-state index >= 15 is 0 Å². The summed E-state index contributed by atoms with van der Waals surface area (Å²) in [5.41, 5.74) is 1.34. The minimum Gasteiger partial charge on any atom is -0.354 e. The van der Waals surface area contributed by atoms with Crippen molar-refractivity contribution >= 4 is 28.2 Å². The first-order valence-corrected chi connectivity index (χ1v) is 8.72. The molecule has 0 atom stereocenters. The molecule has 1 saturated heterocycles. The van der Waals surface area contributed by atoms with Gasteiger partial charge >= 0.3 is 0 Å². The van der Waals surface area contributed by atoms with E-state index in [1.54, 1.807) is 0 Å². The lowest BCUT2D eigenvalue weighted by Gasteiger charge is -2.35. The number of hydrogen-bond donors (Lipinski definition) is 0. The molecule has 3 aromatic rings. The summed E-state index contributed by atoms with van der Waals surface area (Å²) in [7, 11) is 0. The van der Waals surface area contributed by atoms with Gasteiger partial charge in [-0.05, 0) is 46.7 Å². The molecule has 1 aliphatic heterocycles. The summed E-state index contributed by atoms with van der Waals surface area (Å²) >= 11 is 6.12. The van der Waals surface area contributed by atoms with Gasteiger partial charge in [0.25, 0.3) is 0 Å². The standard InChI is InChI=1S/C20H20ClN3/c21-19-7-6-17-5-4-16(13-18(17)14-19)15-23-9-11-24(12-10-23)20-3-1-2-8-22-20/h1-8,13-14H,9-12,15H2. The lowest BCUT2D eigenvalue weighted by molar-refractivity contribution is 0.249. The third-order valence-electron chi connectivity index (χ3n) is 4.62. The second kappa shape index (κ2) is 6.80. The van der Waals surface area contributed by atoms with Crippen LogP contribution in [0, 0.1) is 0 Å². The van der Waals surface area contributed by atoms with Crippen molar-refractivity contribution in [3.05, 3.63) is 71.4 Å². The van der Waals surface area contributed by atoms with Crippen molar-refractivity contribution in [1.82, 2.24) is 9.88 Å². The monoisotopic (exact) mass is 337 g/mol. The molecule has 3 nitrogen and oxygen atoms in total. The fraction of sp³-hybridized carbons (Fsp3) is 0.250. The van der Waals surface area contributed by atoms with Crippen molar-refractivity contribution in [2.75, 3.05) is 31.1 Å². The quantitative estimate of drug-likeness (QED) is 0.713. The van der Waals surface area contributed by atoms with E-state index in [2.05, 4.69) is 51.2 Å². The Morgan fingerprint density at radius 1 is 0.875 bits per heavy atom. The summed E-state index contributed by atoms with van der Waals surface area (Å²) in [5.74, 6) is 1.08. The smallest absolute Gasteiger partial charge is 0.128 e. The zero-order valence-electron chi connectivity index (χ0n) is 13.5. The first kappa shape index (κ1) is 15.4. The Morgan fingerprint density at radius 2 is 1.71 bits per heavy atom. The minimum atomic E-state index is 0.795. The molecule has 2 heterocycles. The van der Waals surface area contributed by atoms with Gasteiger partial charge < -0.3 is 4.90 Å². The average molecular weight is 338 g/mol. The number of halogens is 1. The van der Waals surface area contributed by atoms with Gasteiger partial charge in [0, 0.05) is 43.9 Å². The first-order valence-electron chi connectivity index (χ1n) is 8.34. The second-order valence-electron chi connectivity index (χ2n) is 6.28. The van der Waals surface area contributed by atoms with E-state index in [0.717, 1.165) is 43.6 Å². The Kier molecular flexibility index (Phi) is 4.37. The van der Waals surface area contributed by atoms with Crippen molar-refractivity contribution in [3.63, 3.8) is 0 Å². The zero-order chi connectivity index (χ0) is 16.4. The largest absolute Gasteiger partial charge is 0.354 e. The van der Waals surface area contributed by atoms with E-state index in [1.165, 1.54) is 16.3 Å². The Morgan fingerprint density at radius 3 is 2.50 bits per heavy atom. The Hall–Kier alpha value is -2.10. The third kappa shape index (κ3) is 3.37. The number of pyridine rings is 1. The van der Waals surface area contributed by atoms with Crippen LogP contribution < -0.4 is 4.90 Å². The fourth-order valence-corrected chi connectivity index (χ4v) is 3.48. The molecule has 0 saturated carbocycles. The topological polar surface area (TPSA) is 19.4 Å². The number of hydrogen-bond acceptors (Lipinski definition) is 3. The lowest BCUT2D eigenvalue weighted by Crippen LogP contribution is -2.46. The van der Waals surface area contributed by atoms with Gasteiger partial charge in [-0.15, -0.1) is 0 Å². The number of benzene rings is 2. The molecule has 4 rings (SSSR count). The molecule has 0 unspecified atom stereocenters. The molecule has 0 radical (unpaired) electrons. The number of fused-ring (bicyclic) bond motifs is 1. The van der Waals surface area contributed by atoms with Gasteiger partial charge in [-0.2, -0.15) is 0 Å². The Balaban J connectivity index is 1.42. The summed E-state index contributed by atoms with van der Waals surface area (Å²) in [6, 6.07) is 18.8. The minimum absolute atomic E-state index is 0.795. The number of rotatable bonds is 3. The van der Waals surface area contributed by atoms with Crippen LogP contribution in [0.25, 0.3) is 10.8 Å². The Labute approximate surface area is 147 Å². The molecule has 0 aliphatic carbocycles. The lowest BCUT2D eigenvalue weighted by atomic mass is 10.1. The van der Waals surface area contributed by atoms with Gasteiger partial charge in [0.1, 0.15) is 5.82 Å². The van der Waals surface area contributed by atoms with Gasteiger partial charge in [-0.3, -0.25) is 4.90 Å². The van der Waals surface area contributed by atoms with Crippen LogP contribution in [0.4, 0.5) is 5.82 Å². The zero-order valence-corrected chi connectivity index (χ0v) is 14.3. The summed E-state index contributed by atoms with van der Waals surface area (Å²) in [6.07, 6.45) is 1.86. The predicted molar refractivity (Wildman–Crippen MR) is 101 cm³/mol. The van der Waals surface area contributed by atoms with Crippen LogP contribution in [0.5, 0.6) is 0 Å². The molecule has 0 N–H and O–H groups in total. The second-order valence-corrected chi connectivity index (χ2v) is 6.71. The molecule has 122 valence electrons. The van der Waals surface area contributed by atoms with E-state index in [0.29, 0.717) is 0 Å². The predicted octanol–water partition coefficient (Wildman–Crippen LogP) is 4.21. The highest BCUT2D eigenvalue weighted by Crippen LogP contribution is 2.22. The molecule has 0 amide bonds. The molecule has 0 bridgehead atoms. The maximum absolute atomic E-state index is 6.12. The molecule has 2 aromatic carbocycles. The van der Waals surface area contributed by atoms with Crippen LogP contribution in [-0.4, -0.2) is 36.1 Å². The molecule has 4 heteroatoms. The SMILES string of the molecule is Clc1ccc2ccc(CN3CCN(c4ccccn4)CC3)cc2c1. The highest BCUT2D eigenvalue weighted by molar-refractivity contribution is 6.31. The summed E-state index contributed by atoms with van der Waals surface area (Å²) in [4.78, 5) is 9.31. The van der Waals surface area contributed by atoms with Gasteiger partial charge in [-0.1, -0.05) is 35.9 Å². The highest BCUT2D eigenvalue weighted by atomic mass is 35.5. The number of piperazine rings is 1. The van der Waals surface area contributed by atoms with E-state index in [9.17, 15) is 0 Å². The first-order chi connectivity index (χ1) is 11.8. The van der Waals surface area contributed by atoms with Crippen LogP contribution in [0.2, 0.25) is 5.02 Å². The van der Waals surface area contributed by atoms with Gasteiger partial charge in [0.2, 0.25) is 0 Å². The molecule has 1 fully saturated rings. The molecule has 1 aliphatic rings. The molecule has 1 aromatic heterocycles. The maximum Gasteiger partial charge on any atom is 0.128 e.